The van der Waals surface area contributed by atoms with E-state index in [1.54, 1.807) is 0 Å². The molecule has 26 heavy (non-hydrogen) atoms. The Bertz CT molecular complexity index is 677. The van der Waals surface area contributed by atoms with Gasteiger partial charge in [-0.05, 0) is 76.2 Å². The molecule has 0 heterocycles. The van der Waals surface area contributed by atoms with Crippen molar-refractivity contribution in [3.05, 3.63) is 48.5 Å². The summed E-state index contributed by atoms with van der Waals surface area (Å²) in [6.07, 6.45) is 0.146. The molecule has 1 amide bonds. The van der Waals surface area contributed by atoms with E-state index in [1.807, 2.05) is 62.4 Å². The molecule has 0 atom stereocenters. The molecule has 0 fully saturated rings. The average molecular weight is 355 g/mol. The Morgan fingerprint density at radius 2 is 1.54 bits per heavy atom. The maximum atomic E-state index is 12.1. The second-order valence-electron chi connectivity index (χ2n) is 6.31. The molecule has 0 aromatic heterocycles. The van der Waals surface area contributed by atoms with Crippen molar-refractivity contribution in [3.63, 3.8) is 0 Å². The zero-order valence-corrected chi connectivity index (χ0v) is 16.1. The third-order valence-corrected chi connectivity index (χ3v) is 3.96. The number of hydrogen-bond acceptors (Lipinski definition) is 4. The van der Waals surface area contributed by atoms with Crippen LogP contribution >= 0.6 is 0 Å². The summed E-state index contributed by atoms with van der Waals surface area (Å²) < 4.78 is 5.61. The van der Waals surface area contributed by atoms with Crippen LogP contribution in [0.1, 0.15) is 27.7 Å². The third kappa shape index (κ3) is 5.99. The maximum absolute atomic E-state index is 12.1. The summed E-state index contributed by atoms with van der Waals surface area (Å²) in [4.78, 5) is 14.4. The van der Waals surface area contributed by atoms with Gasteiger partial charge in [-0.3, -0.25) is 4.79 Å². The van der Waals surface area contributed by atoms with E-state index >= 15 is 0 Å². The molecule has 5 nitrogen and oxygen atoms in total. The molecule has 0 saturated carbocycles. The van der Waals surface area contributed by atoms with Crippen LogP contribution in [0.2, 0.25) is 0 Å². The third-order valence-electron chi connectivity index (χ3n) is 3.96. The standard InChI is InChI=1S/C21H29N3O2/c1-5-24(6-2)19-11-7-18(8-12-19)23-21(25)15-22-17-9-13-20(14-10-17)26-16(3)4/h7-14,16,22H,5-6,15H2,1-4H3,(H,23,25). The Balaban J connectivity index is 1.83. The molecule has 2 aromatic carbocycles. The Morgan fingerprint density at radius 3 is 2.08 bits per heavy atom. The van der Waals surface area contributed by atoms with Crippen molar-refractivity contribution >= 4 is 23.0 Å². The highest BCUT2D eigenvalue weighted by Gasteiger charge is 2.05. The van der Waals surface area contributed by atoms with Crippen molar-refractivity contribution in [2.45, 2.75) is 33.8 Å². The van der Waals surface area contributed by atoms with E-state index in [4.69, 9.17) is 4.74 Å². The van der Waals surface area contributed by atoms with Crippen molar-refractivity contribution in [2.75, 3.05) is 35.2 Å². The van der Waals surface area contributed by atoms with E-state index in [2.05, 4.69) is 29.4 Å². The summed E-state index contributed by atoms with van der Waals surface area (Å²) in [6, 6.07) is 15.5. The summed E-state index contributed by atoms with van der Waals surface area (Å²) in [5.41, 5.74) is 2.84. The Hall–Kier alpha value is -2.69. The first kappa shape index (κ1) is 19.6. The number of nitrogens with one attached hydrogen (secondary N) is 2. The molecule has 0 spiro atoms. The SMILES string of the molecule is CCN(CC)c1ccc(NC(=O)CNc2ccc(OC(C)C)cc2)cc1. The Labute approximate surface area is 156 Å². The quantitative estimate of drug-likeness (QED) is 0.701. The first-order chi connectivity index (χ1) is 12.5. The lowest BCUT2D eigenvalue weighted by atomic mass is 10.2. The number of rotatable bonds is 9. The zero-order chi connectivity index (χ0) is 18.9. The van der Waals surface area contributed by atoms with Crippen molar-refractivity contribution < 1.29 is 9.53 Å². The molecule has 0 aliphatic rings. The highest BCUT2D eigenvalue weighted by Crippen LogP contribution is 2.18. The van der Waals surface area contributed by atoms with Gasteiger partial charge in [0.1, 0.15) is 5.75 Å². The molecule has 0 radical (unpaired) electrons. The molecular formula is C21H29N3O2. The summed E-state index contributed by atoms with van der Waals surface area (Å²) in [5, 5.41) is 6.02. The van der Waals surface area contributed by atoms with Crippen LogP contribution in [0.4, 0.5) is 17.1 Å². The van der Waals surface area contributed by atoms with Crippen LogP contribution in [0, 0.1) is 0 Å². The number of hydrogen-bond donors (Lipinski definition) is 2. The summed E-state index contributed by atoms with van der Waals surface area (Å²) in [6.45, 7) is 10.4. The molecule has 2 aromatic rings. The number of anilines is 3. The predicted molar refractivity (Wildman–Crippen MR) is 109 cm³/mol. The summed E-state index contributed by atoms with van der Waals surface area (Å²) in [7, 11) is 0. The number of amides is 1. The van der Waals surface area contributed by atoms with E-state index in [1.165, 1.54) is 0 Å². The molecule has 2 N–H and O–H groups in total. The number of carbonyl (C=O) groups is 1. The fourth-order valence-electron chi connectivity index (χ4n) is 2.66. The molecule has 2 rings (SSSR count). The molecule has 0 saturated heterocycles. The van der Waals surface area contributed by atoms with Crippen molar-refractivity contribution in [2.24, 2.45) is 0 Å². The topological polar surface area (TPSA) is 53.6 Å². The molecule has 0 aliphatic heterocycles. The van der Waals surface area contributed by atoms with Gasteiger partial charge in [-0.25, -0.2) is 0 Å². The lowest BCUT2D eigenvalue weighted by molar-refractivity contribution is -0.114. The molecular weight excluding hydrogens is 326 g/mol. The van der Waals surface area contributed by atoms with Crippen LogP contribution in [0.5, 0.6) is 5.75 Å². The van der Waals surface area contributed by atoms with E-state index in [9.17, 15) is 4.79 Å². The summed E-state index contributed by atoms with van der Waals surface area (Å²) >= 11 is 0. The van der Waals surface area contributed by atoms with Crippen LogP contribution in [0.15, 0.2) is 48.5 Å². The first-order valence-corrected chi connectivity index (χ1v) is 9.17. The van der Waals surface area contributed by atoms with E-state index < -0.39 is 0 Å². The summed E-state index contributed by atoms with van der Waals surface area (Å²) in [5.74, 6) is 0.742. The van der Waals surface area contributed by atoms with Crippen LogP contribution in [-0.2, 0) is 4.79 Å². The minimum atomic E-state index is -0.0805. The van der Waals surface area contributed by atoms with E-state index in [0.717, 1.165) is 35.9 Å². The van der Waals surface area contributed by atoms with Gasteiger partial charge in [0.25, 0.3) is 0 Å². The number of benzene rings is 2. The number of nitrogens with zero attached hydrogens (tertiary/aromatic N) is 1. The molecule has 5 heteroatoms. The second kappa shape index (κ2) is 9.70. The Morgan fingerprint density at radius 1 is 0.962 bits per heavy atom. The molecule has 0 aliphatic carbocycles. The van der Waals surface area contributed by atoms with E-state index in [0.29, 0.717) is 0 Å². The normalized spacial score (nSPS) is 10.5. The van der Waals surface area contributed by atoms with Gasteiger partial charge < -0.3 is 20.3 Å². The van der Waals surface area contributed by atoms with Crippen molar-refractivity contribution in [1.29, 1.82) is 0 Å². The van der Waals surface area contributed by atoms with Gasteiger partial charge in [0.05, 0.1) is 12.6 Å². The highest BCUT2D eigenvalue weighted by atomic mass is 16.5. The molecule has 0 bridgehead atoms. The maximum Gasteiger partial charge on any atom is 0.243 e. The fourth-order valence-corrected chi connectivity index (χ4v) is 2.66. The van der Waals surface area contributed by atoms with Gasteiger partial charge in [0, 0.05) is 30.2 Å². The highest BCUT2D eigenvalue weighted by molar-refractivity contribution is 5.93. The van der Waals surface area contributed by atoms with Gasteiger partial charge in [-0.1, -0.05) is 0 Å². The molecule has 140 valence electrons. The van der Waals surface area contributed by atoms with Crippen LogP contribution in [-0.4, -0.2) is 31.6 Å². The minimum Gasteiger partial charge on any atom is -0.491 e. The smallest absolute Gasteiger partial charge is 0.243 e. The first-order valence-electron chi connectivity index (χ1n) is 9.17. The van der Waals surface area contributed by atoms with Gasteiger partial charge in [0.2, 0.25) is 5.91 Å². The van der Waals surface area contributed by atoms with Gasteiger partial charge >= 0.3 is 0 Å². The minimum absolute atomic E-state index is 0.0805. The van der Waals surface area contributed by atoms with Crippen LogP contribution in [0.3, 0.4) is 0 Å². The number of carbonyl (C=O) groups excluding carboxylic acids is 1. The lowest BCUT2D eigenvalue weighted by Crippen LogP contribution is -2.23. The number of ether oxygens (including phenoxy) is 1. The van der Waals surface area contributed by atoms with E-state index in [-0.39, 0.29) is 18.6 Å². The van der Waals surface area contributed by atoms with Gasteiger partial charge in [-0.2, -0.15) is 0 Å². The average Bonchev–Trinajstić information content (AvgIpc) is 2.63. The van der Waals surface area contributed by atoms with Crippen molar-refractivity contribution in [3.8, 4) is 5.75 Å². The fraction of sp³-hybridized carbons (Fsp3) is 0.381. The Kier molecular flexibility index (Phi) is 7.33. The monoisotopic (exact) mass is 355 g/mol. The van der Waals surface area contributed by atoms with Crippen LogP contribution < -0.4 is 20.3 Å². The van der Waals surface area contributed by atoms with Crippen molar-refractivity contribution in [1.82, 2.24) is 0 Å². The largest absolute Gasteiger partial charge is 0.491 e. The molecule has 0 unspecified atom stereocenters. The van der Waals surface area contributed by atoms with Gasteiger partial charge in [-0.15, -0.1) is 0 Å². The predicted octanol–water partition coefficient (Wildman–Crippen LogP) is 4.37. The van der Waals surface area contributed by atoms with Gasteiger partial charge in [0.15, 0.2) is 0 Å². The zero-order valence-electron chi connectivity index (χ0n) is 16.1. The second-order valence-corrected chi connectivity index (χ2v) is 6.31. The van der Waals surface area contributed by atoms with Crippen LogP contribution in [0.25, 0.3) is 0 Å². The lowest BCUT2D eigenvalue weighted by Gasteiger charge is -2.21.